The Bertz CT molecular complexity index is 603. The Balaban J connectivity index is 2.83. The molecule has 1 aromatic rings. The summed E-state index contributed by atoms with van der Waals surface area (Å²) >= 11 is 3.34. The topological polar surface area (TPSA) is 73.9 Å². The summed E-state index contributed by atoms with van der Waals surface area (Å²) in [4.78, 5) is 23.9. The van der Waals surface area contributed by atoms with Gasteiger partial charge in [0.25, 0.3) is 0 Å². The monoisotopic (exact) mass is 419 g/mol. The molecule has 1 rings (SSSR count). The highest BCUT2D eigenvalue weighted by Gasteiger charge is 2.25. The molecule has 0 aliphatic rings. The zero-order valence-electron chi connectivity index (χ0n) is 14.7. The third kappa shape index (κ3) is 7.72. The first-order chi connectivity index (χ1) is 11.7. The number of rotatable bonds is 7. The maximum absolute atomic E-state index is 12.2. The molecule has 1 amide bonds. The highest BCUT2D eigenvalue weighted by molar-refractivity contribution is 9.10. The molecule has 0 radical (unpaired) electrons. The van der Waals surface area contributed by atoms with Crippen LogP contribution < -0.4 is 10.1 Å². The molecule has 140 valence electrons. The van der Waals surface area contributed by atoms with E-state index in [1.54, 1.807) is 39.0 Å². The number of ether oxygens (including phenoxy) is 3. The van der Waals surface area contributed by atoms with Gasteiger partial charge in [-0.3, -0.25) is 0 Å². The maximum atomic E-state index is 12.2. The average molecular weight is 420 g/mol. The molecule has 0 aliphatic heterocycles. The van der Waals surface area contributed by atoms with Crippen LogP contribution in [0.5, 0.6) is 5.75 Å². The lowest BCUT2D eigenvalue weighted by atomic mass is 10.1. The normalized spacial score (nSPS) is 12.2. The van der Waals surface area contributed by atoms with E-state index in [0.717, 1.165) is 5.56 Å². The SMILES string of the molecule is COC(=O)[C@H](Cc1ccc(OCCF)c(Br)c1)NC(=O)OC(C)(C)C. The van der Waals surface area contributed by atoms with Gasteiger partial charge in [0, 0.05) is 6.42 Å². The predicted octanol–water partition coefficient (Wildman–Crippen LogP) is 3.41. The number of halogens is 2. The lowest BCUT2D eigenvalue weighted by molar-refractivity contribution is -0.143. The van der Waals surface area contributed by atoms with E-state index in [0.29, 0.717) is 10.2 Å². The van der Waals surface area contributed by atoms with Crippen LogP contribution in [0.15, 0.2) is 22.7 Å². The van der Waals surface area contributed by atoms with Crippen molar-refractivity contribution in [3.05, 3.63) is 28.2 Å². The van der Waals surface area contributed by atoms with Crippen molar-refractivity contribution in [2.75, 3.05) is 20.4 Å². The van der Waals surface area contributed by atoms with Gasteiger partial charge in [0.1, 0.15) is 30.7 Å². The van der Waals surface area contributed by atoms with Crippen molar-refractivity contribution in [2.24, 2.45) is 0 Å². The summed E-state index contributed by atoms with van der Waals surface area (Å²) in [6, 6.07) is 4.23. The maximum Gasteiger partial charge on any atom is 0.408 e. The first-order valence-corrected chi connectivity index (χ1v) is 8.50. The number of nitrogens with one attached hydrogen (secondary N) is 1. The van der Waals surface area contributed by atoms with E-state index in [9.17, 15) is 14.0 Å². The highest BCUT2D eigenvalue weighted by Crippen LogP contribution is 2.26. The fourth-order valence-corrected chi connectivity index (χ4v) is 2.50. The summed E-state index contributed by atoms with van der Waals surface area (Å²) in [5, 5.41) is 2.51. The minimum Gasteiger partial charge on any atom is -0.490 e. The van der Waals surface area contributed by atoms with Crippen LogP contribution >= 0.6 is 15.9 Å². The molecule has 0 aromatic heterocycles. The molecule has 0 fully saturated rings. The van der Waals surface area contributed by atoms with E-state index in [2.05, 4.69) is 21.2 Å². The van der Waals surface area contributed by atoms with Crippen molar-refractivity contribution in [3.8, 4) is 5.75 Å². The van der Waals surface area contributed by atoms with E-state index in [1.807, 2.05) is 0 Å². The molecule has 0 unspecified atom stereocenters. The number of alkyl carbamates (subject to hydrolysis) is 1. The van der Waals surface area contributed by atoms with Gasteiger partial charge in [-0.2, -0.15) is 0 Å². The zero-order valence-corrected chi connectivity index (χ0v) is 16.3. The smallest absolute Gasteiger partial charge is 0.408 e. The zero-order chi connectivity index (χ0) is 19.0. The van der Waals surface area contributed by atoms with Gasteiger partial charge in [0.15, 0.2) is 0 Å². The summed E-state index contributed by atoms with van der Waals surface area (Å²) in [6.07, 6.45) is -0.502. The van der Waals surface area contributed by atoms with Crippen LogP contribution in [0.2, 0.25) is 0 Å². The number of benzene rings is 1. The summed E-state index contributed by atoms with van der Waals surface area (Å²) < 4.78 is 27.9. The van der Waals surface area contributed by atoms with Crippen molar-refractivity contribution in [2.45, 2.75) is 38.8 Å². The molecule has 0 saturated heterocycles. The van der Waals surface area contributed by atoms with Crippen LogP contribution in [0.4, 0.5) is 9.18 Å². The van der Waals surface area contributed by atoms with Gasteiger partial charge in [0.05, 0.1) is 11.6 Å². The Morgan fingerprint density at radius 2 is 2.00 bits per heavy atom. The van der Waals surface area contributed by atoms with Crippen molar-refractivity contribution in [1.82, 2.24) is 5.32 Å². The fourth-order valence-electron chi connectivity index (χ4n) is 1.96. The minimum absolute atomic E-state index is 0.0388. The molecule has 1 atom stereocenters. The minimum atomic E-state index is -0.899. The third-order valence-corrected chi connectivity index (χ3v) is 3.57. The van der Waals surface area contributed by atoms with Crippen LogP contribution in [-0.2, 0) is 20.7 Å². The molecule has 8 heteroatoms. The largest absolute Gasteiger partial charge is 0.490 e. The second-order valence-electron chi connectivity index (χ2n) is 6.23. The number of hydrogen-bond acceptors (Lipinski definition) is 5. The number of alkyl halides is 1. The Labute approximate surface area is 155 Å². The lowest BCUT2D eigenvalue weighted by Crippen LogP contribution is -2.45. The van der Waals surface area contributed by atoms with Gasteiger partial charge in [-0.15, -0.1) is 0 Å². The van der Waals surface area contributed by atoms with Crippen LogP contribution in [-0.4, -0.2) is 44.1 Å². The molecular formula is C17H23BrFNO5. The van der Waals surface area contributed by atoms with Gasteiger partial charge in [-0.25, -0.2) is 14.0 Å². The molecule has 1 aromatic carbocycles. The molecular weight excluding hydrogens is 397 g/mol. The van der Waals surface area contributed by atoms with Gasteiger partial charge < -0.3 is 19.5 Å². The second-order valence-corrected chi connectivity index (χ2v) is 7.08. The summed E-state index contributed by atoms with van der Waals surface area (Å²) in [7, 11) is 1.25. The fraction of sp³-hybridized carbons (Fsp3) is 0.529. The van der Waals surface area contributed by atoms with Crippen LogP contribution in [0.1, 0.15) is 26.3 Å². The number of carbonyl (C=O) groups is 2. The average Bonchev–Trinajstić information content (AvgIpc) is 2.51. The Hall–Kier alpha value is -1.83. The van der Waals surface area contributed by atoms with E-state index in [-0.39, 0.29) is 13.0 Å². The molecule has 0 spiro atoms. The molecule has 0 heterocycles. The van der Waals surface area contributed by atoms with Crippen molar-refractivity contribution < 1.29 is 28.2 Å². The Kier molecular flexibility index (Phi) is 8.15. The summed E-state index contributed by atoms with van der Waals surface area (Å²) in [6.45, 7) is 4.56. The van der Waals surface area contributed by atoms with Crippen molar-refractivity contribution in [1.29, 1.82) is 0 Å². The van der Waals surface area contributed by atoms with Gasteiger partial charge in [0.2, 0.25) is 0 Å². The van der Waals surface area contributed by atoms with Gasteiger partial charge >= 0.3 is 12.1 Å². The van der Waals surface area contributed by atoms with Crippen molar-refractivity contribution in [3.63, 3.8) is 0 Å². The predicted molar refractivity (Wildman–Crippen MR) is 94.5 cm³/mol. The number of carbonyl (C=O) groups excluding carboxylic acids is 2. The number of amides is 1. The third-order valence-electron chi connectivity index (χ3n) is 2.95. The first-order valence-electron chi connectivity index (χ1n) is 7.71. The van der Waals surface area contributed by atoms with E-state index in [1.165, 1.54) is 7.11 Å². The van der Waals surface area contributed by atoms with Gasteiger partial charge in [-0.05, 0) is 54.4 Å². The van der Waals surface area contributed by atoms with Crippen LogP contribution in [0.3, 0.4) is 0 Å². The lowest BCUT2D eigenvalue weighted by Gasteiger charge is -2.22. The van der Waals surface area contributed by atoms with E-state index >= 15 is 0 Å². The van der Waals surface area contributed by atoms with Crippen LogP contribution in [0, 0.1) is 0 Å². The Morgan fingerprint density at radius 3 is 2.52 bits per heavy atom. The van der Waals surface area contributed by atoms with Gasteiger partial charge in [-0.1, -0.05) is 6.07 Å². The second kappa shape index (κ2) is 9.60. The summed E-state index contributed by atoms with van der Waals surface area (Å²) in [5.41, 5.74) is 0.0781. The molecule has 0 aliphatic carbocycles. The van der Waals surface area contributed by atoms with E-state index in [4.69, 9.17) is 14.2 Å². The molecule has 0 bridgehead atoms. The Morgan fingerprint density at radius 1 is 1.32 bits per heavy atom. The molecule has 6 nitrogen and oxygen atoms in total. The van der Waals surface area contributed by atoms with Crippen LogP contribution in [0.25, 0.3) is 0 Å². The quantitative estimate of drug-likeness (QED) is 0.685. The standard InChI is InChI=1S/C17H23BrFNO5/c1-17(2,3)25-16(22)20-13(15(21)23-4)10-11-5-6-14(12(18)9-11)24-8-7-19/h5-6,9,13H,7-8,10H2,1-4H3,(H,20,22)/t13-/m0/s1. The van der Waals surface area contributed by atoms with E-state index < -0.39 is 30.4 Å². The number of methoxy groups -OCH3 is 1. The number of hydrogen-bond donors (Lipinski definition) is 1. The summed E-state index contributed by atoms with van der Waals surface area (Å²) in [5.74, 6) is -0.0872. The molecule has 0 saturated carbocycles. The number of esters is 1. The highest BCUT2D eigenvalue weighted by atomic mass is 79.9. The first kappa shape index (κ1) is 21.2. The molecule has 1 N–H and O–H groups in total. The van der Waals surface area contributed by atoms with Crippen molar-refractivity contribution >= 4 is 28.0 Å². The molecule has 25 heavy (non-hydrogen) atoms.